The van der Waals surface area contributed by atoms with Gasteiger partial charge >= 0.3 is 0 Å². The maximum Gasteiger partial charge on any atom is 0.114 e. The van der Waals surface area contributed by atoms with E-state index >= 15 is 0 Å². The summed E-state index contributed by atoms with van der Waals surface area (Å²) in [6, 6.07) is 7.89. The Morgan fingerprint density at radius 1 is 1.29 bits per heavy atom. The molecule has 0 saturated carbocycles. The molecule has 1 aromatic carbocycles. The molecule has 2 N–H and O–H groups in total. The number of nitrogens with two attached hydrogens (primary N) is 1. The Hall–Kier alpha value is -0.900. The van der Waals surface area contributed by atoms with Crippen molar-refractivity contribution in [2.24, 2.45) is 5.73 Å². The van der Waals surface area contributed by atoms with Gasteiger partial charge in [-0.3, -0.25) is 0 Å². The number of benzene rings is 1. The molecule has 1 heterocycles. The molecule has 0 radical (unpaired) electrons. The van der Waals surface area contributed by atoms with Crippen LogP contribution in [0.5, 0.6) is 0 Å². The van der Waals surface area contributed by atoms with Crippen molar-refractivity contribution in [3.8, 4) is 0 Å². The zero-order valence-electron chi connectivity index (χ0n) is 9.57. The molecule has 90 valence electrons. The summed E-state index contributed by atoms with van der Waals surface area (Å²) in [6.07, 6.45) is 2.49. The first-order valence-electron chi connectivity index (χ1n) is 5.41. The molecule has 0 spiro atoms. The third-order valence-electron chi connectivity index (χ3n) is 2.50. The van der Waals surface area contributed by atoms with Crippen LogP contribution >= 0.6 is 23.4 Å². The number of furan rings is 1. The Morgan fingerprint density at radius 3 is 2.76 bits per heavy atom. The Bertz CT molecular complexity index is 510. The predicted octanol–water partition coefficient (Wildman–Crippen LogP) is 3.89. The van der Waals surface area contributed by atoms with E-state index in [1.54, 1.807) is 18.0 Å². The minimum absolute atomic E-state index is 0.599. The van der Waals surface area contributed by atoms with Crippen molar-refractivity contribution in [3.63, 3.8) is 0 Å². The fourth-order valence-corrected chi connectivity index (χ4v) is 2.98. The van der Waals surface area contributed by atoms with Crippen LogP contribution in [0.15, 0.2) is 44.7 Å². The van der Waals surface area contributed by atoms with Crippen molar-refractivity contribution in [2.75, 3.05) is 6.54 Å². The van der Waals surface area contributed by atoms with E-state index in [4.69, 9.17) is 21.8 Å². The van der Waals surface area contributed by atoms with E-state index in [-0.39, 0.29) is 0 Å². The van der Waals surface area contributed by atoms with Crippen LogP contribution in [0.1, 0.15) is 11.3 Å². The van der Waals surface area contributed by atoms with Crippen LogP contribution in [0.2, 0.25) is 5.02 Å². The second-order valence-corrected chi connectivity index (χ2v) is 5.19. The molecule has 0 amide bonds. The fourth-order valence-electron chi connectivity index (χ4n) is 1.62. The summed E-state index contributed by atoms with van der Waals surface area (Å²) < 4.78 is 5.29. The third kappa shape index (κ3) is 2.86. The van der Waals surface area contributed by atoms with Gasteiger partial charge in [0, 0.05) is 9.92 Å². The van der Waals surface area contributed by atoms with Crippen LogP contribution < -0.4 is 5.73 Å². The van der Waals surface area contributed by atoms with Crippen LogP contribution in [0.25, 0.3) is 0 Å². The average Bonchev–Trinajstić information content (AvgIpc) is 2.70. The highest BCUT2D eigenvalue weighted by Gasteiger charge is 2.10. The second kappa shape index (κ2) is 5.63. The summed E-state index contributed by atoms with van der Waals surface area (Å²) in [5.74, 6) is 0.925. The maximum absolute atomic E-state index is 6.20. The van der Waals surface area contributed by atoms with Gasteiger partial charge in [-0.25, -0.2) is 0 Å². The monoisotopic (exact) mass is 267 g/mol. The molecular weight excluding hydrogens is 254 g/mol. The third-order valence-corrected chi connectivity index (χ3v) is 4.10. The van der Waals surface area contributed by atoms with Crippen molar-refractivity contribution < 1.29 is 4.42 Å². The second-order valence-electron chi connectivity index (χ2n) is 3.70. The Morgan fingerprint density at radius 2 is 2.12 bits per heavy atom. The van der Waals surface area contributed by atoms with E-state index < -0.39 is 0 Å². The van der Waals surface area contributed by atoms with Gasteiger partial charge in [-0.2, -0.15) is 0 Å². The number of rotatable bonds is 4. The normalized spacial score (nSPS) is 10.8. The quantitative estimate of drug-likeness (QED) is 0.913. The first kappa shape index (κ1) is 12.6. The van der Waals surface area contributed by atoms with Gasteiger partial charge in [-0.05, 0) is 43.7 Å². The Balaban J connectivity index is 2.32. The highest BCUT2D eigenvalue weighted by atomic mass is 35.5. The van der Waals surface area contributed by atoms with Gasteiger partial charge in [-0.15, -0.1) is 0 Å². The first-order chi connectivity index (χ1) is 8.22. The molecule has 0 aliphatic carbocycles. The van der Waals surface area contributed by atoms with Crippen LogP contribution in [0.4, 0.5) is 0 Å². The van der Waals surface area contributed by atoms with Crippen molar-refractivity contribution in [2.45, 2.75) is 23.1 Å². The molecule has 0 fully saturated rings. The van der Waals surface area contributed by atoms with E-state index in [2.05, 4.69) is 6.07 Å². The highest BCUT2D eigenvalue weighted by molar-refractivity contribution is 7.99. The highest BCUT2D eigenvalue weighted by Crippen LogP contribution is 2.35. The van der Waals surface area contributed by atoms with Gasteiger partial charge in [0.2, 0.25) is 0 Å². The number of halogens is 1. The molecule has 4 heteroatoms. The predicted molar refractivity (Wildman–Crippen MR) is 71.8 cm³/mol. The molecular formula is C13H14ClNOS. The molecule has 0 saturated heterocycles. The van der Waals surface area contributed by atoms with E-state index in [0.717, 1.165) is 32.6 Å². The van der Waals surface area contributed by atoms with Gasteiger partial charge in [0.15, 0.2) is 0 Å². The maximum atomic E-state index is 6.20. The lowest BCUT2D eigenvalue weighted by Crippen LogP contribution is -2.04. The largest absolute Gasteiger partial charge is 0.468 e. The SMILES string of the molecule is Cc1occc1Sc1cccc(Cl)c1CCN. The number of aryl methyl sites for hydroxylation is 1. The molecule has 2 nitrogen and oxygen atoms in total. The topological polar surface area (TPSA) is 39.2 Å². The molecule has 1 aromatic heterocycles. The van der Waals surface area contributed by atoms with Crippen LogP contribution in [0.3, 0.4) is 0 Å². The summed E-state index contributed by atoms with van der Waals surface area (Å²) >= 11 is 7.86. The van der Waals surface area contributed by atoms with Gasteiger partial charge in [0.05, 0.1) is 11.2 Å². The molecule has 17 heavy (non-hydrogen) atoms. The van der Waals surface area contributed by atoms with Crippen molar-refractivity contribution in [1.29, 1.82) is 0 Å². The number of hydrogen-bond acceptors (Lipinski definition) is 3. The van der Waals surface area contributed by atoms with Crippen molar-refractivity contribution >= 4 is 23.4 Å². The lowest BCUT2D eigenvalue weighted by molar-refractivity contribution is 0.527. The standard InChI is InChI=1S/C13H14ClNOS/c1-9-12(6-8-16-9)17-13-4-2-3-11(14)10(13)5-7-15/h2-4,6,8H,5,7,15H2,1H3. The van der Waals surface area contributed by atoms with Gasteiger partial charge < -0.3 is 10.2 Å². The minimum Gasteiger partial charge on any atom is -0.468 e. The van der Waals surface area contributed by atoms with Crippen LogP contribution in [-0.2, 0) is 6.42 Å². The van der Waals surface area contributed by atoms with Gasteiger partial charge in [-0.1, -0.05) is 29.4 Å². The van der Waals surface area contributed by atoms with Crippen LogP contribution in [0, 0.1) is 6.92 Å². The lowest BCUT2D eigenvalue weighted by Gasteiger charge is -2.09. The molecule has 2 rings (SSSR count). The zero-order valence-corrected chi connectivity index (χ0v) is 11.1. The Kier molecular flexibility index (Phi) is 4.15. The van der Waals surface area contributed by atoms with Crippen molar-refractivity contribution in [1.82, 2.24) is 0 Å². The summed E-state index contributed by atoms with van der Waals surface area (Å²) in [5.41, 5.74) is 6.73. The molecule has 2 aromatic rings. The van der Waals surface area contributed by atoms with E-state index in [0.29, 0.717) is 6.54 Å². The van der Waals surface area contributed by atoms with E-state index in [1.807, 2.05) is 25.1 Å². The molecule has 0 bridgehead atoms. The molecule has 0 unspecified atom stereocenters. The zero-order chi connectivity index (χ0) is 12.3. The first-order valence-corrected chi connectivity index (χ1v) is 6.61. The molecule has 0 aliphatic heterocycles. The van der Waals surface area contributed by atoms with E-state index in [9.17, 15) is 0 Å². The summed E-state index contributed by atoms with van der Waals surface area (Å²) in [7, 11) is 0. The smallest absolute Gasteiger partial charge is 0.114 e. The molecule has 0 aliphatic rings. The van der Waals surface area contributed by atoms with Crippen LogP contribution in [-0.4, -0.2) is 6.54 Å². The lowest BCUT2D eigenvalue weighted by atomic mass is 10.1. The fraction of sp³-hybridized carbons (Fsp3) is 0.231. The van der Waals surface area contributed by atoms with Gasteiger partial charge in [0.1, 0.15) is 5.76 Å². The van der Waals surface area contributed by atoms with Gasteiger partial charge in [0.25, 0.3) is 0 Å². The average molecular weight is 268 g/mol. The summed E-state index contributed by atoms with van der Waals surface area (Å²) in [4.78, 5) is 2.26. The number of hydrogen-bond donors (Lipinski definition) is 1. The van der Waals surface area contributed by atoms with E-state index in [1.165, 1.54) is 0 Å². The Labute approximate surface area is 110 Å². The minimum atomic E-state index is 0.599. The van der Waals surface area contributed by atoms with Crippen molar-refractivity contribution in [3.05, 3.63) is 46.9 Å². The summed E-state index contributed by atoms with van der Waals surface area (Å²) in [5, 5.41) is 0.779. The summed E-state index contributed by atoms with van der Waals surface area (Å²) in [6.45, 7) is 2.55. The molecule has 0 atom stereocenters.